The second kappa shape index (κ2) is 23.0. The predicted molar refractivity (Wildman–Crippen MR) is 259 cm³/mol. The van der Waals surface area contributed by atoms with E-state index in [2.05, 4.69) is 25.9 Å². The lowest BCUT2D eigenvalue weighted by atomic mass is 9.86. The normalized spacial score (nSPS) is 17.6. The first-order valence-electron chi connectivity index (χ1n) is 22.3. The van der Waals surface area contributed by atoms with Gasteiger partial charge >= 0.3 is 5.97 Å². The summed E-state index contributed by atoms with van der Waals surface area (Å²) in [6.07, 6.45) is -2.76. The highest BCUT2D eigenvalue weighted by molar-refractivity contribution is 7.87. The number of aliphatic hydroxyl groups is 2. The van der Waals surface area contributed by atoms with Crippen molar-refractivity contribution in [3.05, 3.63) is 82.3 Å². The number of fused-ring (bicyclic) bond motifs is 5. The standard InChI is InChI=1S/C46H60FN11O13S/c1-21-36(39(50)57-40(53-21)24-8-9-30(31(47)14-24)46(3,4)5)42(63)56-33(18-52-72(51,68)69)44(65)58(6)37-25-13-29(38(61)35(15-25)71-20-27(60)17-49)28-11-23(7-10-34(28)70-19-26(59)16-48)12-32(45(66)67)55-41(62)22(2)54-43(37)64/h7-11,13-15,22,26-27,32-33,37,52,59-61H,12,16-20,48-49H2,1-6H3,(H,54,64)(H,55,62)(H,56,63)(H,66,67)(H2,50,53,57)(H2,51,68,69)/t22-,26?,27?,32-,33?,37-/m0/s1. The number of nitrogen functional groups attached to an aromatic ring is 1. The van der Waals surface area contributed by atoms with Gasteiger partial charge in [0.15, 0.2) is 17.3 Å². The summed E-state index contributed by atoms with van der Waals surface area (Å²) in [6.45, 7) is 5.83. The van der Waals surface area contributed by atoms with Crippen LogP contribution < -0.4 is 52.5 Å². The molecule has 0 radical (unpaired) electrons. The molecule has 6 atom stereocenters. The number of aromatic hydroxyl groups is 1. The molecule has 0 spiro atoms. The number of amides is 4. The number of carboxylic acid groups (broad SMARTS) is 1. The smallest absolute Gasteiger partial charge is 0.326 e. The molecule has 4 bridgehead atoms. The minimum Gasteiger partial charge on any atom is -0.504 e. The van der Waals surface area contributed by atoms with E-state index in [4.69, 9.17) is 31.8 Å². The predicted octanol–water partition coefficient (Wildman–Crippen LogP) is -1.04. The molecule has 72 heavy (non-hydrogen) atoms. The van der Waals surface area contributed by atoms with Gasteiger partial charge in [-0.2, -0.15) is 13.1 Å². The van der Waals surface area contributed by atoms with Crippen molar-refractivity contribution in [2.24, 2.45) is 16.6 Å². The minimum absolute atomic E-state index is 0.0114. The maximum Gasteiger partial charge on any atom is 0.326 e. The van der Waals surface area contributed by atoms with Gasteiger partial charge in [-0.15, -0.1) is 0 Å². The number of anilines is 1. The fourth-order valence-corrected chi connectivity index (χ4v) is 7.96. The molecule has 1 aliphatic rings. The Labute approximate surface area is 413 Å². The van der Waals surface area contributed by atoms with Gasteiger partial charge in [0.1, 0.15) is 72.5 Å². The Bertz CT molecular complexity index is 2810. The van der Waals surface area contributed by atoms with Crippen LogP contribution in [0.5, 0.6) is 17.2 Å². The number of hydrogen-bond donors (Lipinski definition) is 12. The number of carbonyl (C=O) groups is 5. The molecule has 2 heterocycles. The first kappa shape index (κ1) is 55.9. The Morgan fingerprint density at radius 2 is 1.58 bits per heavy atom. The molecule has 3 unspecified atom stereocenters. The third-order valence-corrected chi connectivity index (χ3v) is 12.0. The van der Waals surface area contributed by atoms with E-state index in [0.717, 1.165) is 18.0 Å². The number of ether oxygens (including phenoxy) is 2. The number of carboxylic acids is 1. The van der Waals surface area contributed by atoms with E-state index in [1.54, 1.807) is 12.1 Å². The van der Waals surface area contributed by atoms with Crippen LogP contribution in [-0.2, 0) is 41.2 Å². The van der Waals surface area contributed by atoms with Gasteiger partial charge in [-0.1, -0.05) is 39.0 Å². The molecule has 24 nitrogen and oxygen atoms in total. The number of rotatable bonds is 17. The molecule has 0 fully saturated rings. The number of phenols is 1. The number of nitrogens with zero attached hydrogens (tertiary/aromatic N) is 3. The topological polar surface area (TPSA) is 400 Å². The van der Waals surface area contributed by atoms with Crippen LogP contribution in [0.15, 0.2) is 48.5 Å². The van der Waals surface area contributed by atoms with E-state index in [9.17, 15) is 52.8 Å². The van der Waals surface area contributed by atoms with Crippen molar-refractivity contribution in [3.8, 4) is 39.8 Å². The molecule has 390 valence electrons. The van der Waals surface area contributed by atoms with E-state index in [-0.39, 0.29) is 76.8 Å². The number of aromatic nitrogens is 2. The summed E-state index contributed by atoms with van der Waals surface area (Å²) in [5.41, 5.74) is 17.2. The molecule has 1 aliphatic heterocycles. The van der Waals surface area contributed by atoms with Gasteiger partial charge in [0.05, 0.1) is 5.69 Å². The number of benzene rings is 3. The van der Waals surface area contributed by atoms with E-state index in [1.165, 1.54) is 44.2 Å². The molecule has 0 saturated heterocycles. The molecule has 26 heteroatoms. The fraction of sp³-hybridized carbons (Fsp3) is 0.413. The fourth-order valence-electron chi connectivity index (χ4n) is 7.56. The van der Waals surface area contributed by atoms with Gasteiger partial charge < -0.3 is 68.0 Å². The monoisotopic (exact) mass is 1030 g/mol. The molecular formula is C46H60FN11O13S. The zero-order valence-electron chi connectivity index (χ0n) is 40.2. The second-order valence-electron chi connectivity index (χ2n) is 18.1. The number of nitrogens with two attached hydrogens (primary N) is 4. The molecule has 3 aromatic carbocycles. The van der Waals surface area contributed by atoms with E-state index in [1.807, 2.05) is 25.5 Å². The summed E-state index contributed by atoms with van der Waals surface area (Å²) in [5.74, 6) is -7.81. The average molecular weight is 1030 g/mol. The molecule has 1 aromatic heterocycles. The lowest BCUT2D eigenvalue weighted by molar-refractivity contribution is -0.143. The third kappa shape index (κ3) is 13.7. The van der Waals surface area contributed by atoms with Crippen LogP contribution >= 0.6 is 0 Å². The van der Waals surface area contributed by atoms with Crippen LogP contribution in [0.3, 0.4) is 0 Å². The zero-order valence-corrected chi connectivity index (χ0v) is 41.0. The number of hydrogen-bond acceptors (Lipinski definition) is 17. The third-order valence-electron chi connectivity index (χ3n) is 11.4. The van der Waals surface area contributed by atoms with Gasteiger partial charge in [-0.25, -0.2) is 24.3 Å². The maximum absolute atomic E-state index is 15.2. The number of halogens is 1. The van der Waals surface area contributed by atoms with Gasteiger partial charge in [0.2, 0.25) is 17.7 Å². The quantitative estimate of drug-likeness (QED) is 0.0601. The molecule has 4 aromatic rings. The van der Waals surface area contributed by atoms with Crippen molar-refractivity contribution in [3.63, 3.8) is 0 Å². The van der Waals surface area contributed by atoms with Crippen molar-refractivity contribution >= 4 is 45.6 Å². The summed E-state index contributed by atoms with van der Waals surface area (Å²) in [5, 5.41) is 55.2. The summed E-state index contributed by atoms with van der Waals surface area (Å²) < 4.78 is 53.4. The summed E-state index contributed by atoms with van der Waals surface area (Å²) >= 11 is 0. The Kier molecular flexibility index (Phi) is 17.8. The Hall–Kier alpha value is -7.07. The SMILES string of the molecule is Cc1nc(-c2ccc(C(C)(C)C)c(F)c2)nc(N)c1C(=O)NC(CNS(N)(=O)=O)C(=O)N(C)[C@@H]1C(=O)N[C@@H](C)C(=O)N[C@H](C(=O)O)Cc2ccc(OCC(O)CN)c(c2)-c2cc1cc(OCC(O)CN)c2O. The summed E-state index contributed by atoms with van der Waals surface area (Å²) in [6, 6.07) is 4.16. The molecule has 4 amide bonds. The zero-order chi connectivity index (χ0) is 53.6. The molecule has 16 N–H and O–H groups in total. The molecule has 0 saturated carbocycles. The van der Waals surface area contributed by atoms with Crippen LogP contribution in [0, 0.1) is 12.7 Å². The lowest BCUT2D eigenvalue weighted by Gasteiger charge is -2.33. The highest BCUT2D eigenvalue weighted by atomic mass is 32.2. The van der Waals surface area contributed by atoms with Gasteiger partial charge in [0, 0.05) is 49.8 Å². The van der Waals surface area contributed by atoms with Crippen molar-refractivity contribution < 1.29 is 66.7 Å². The van der Waals surface area contributed by atoms with E-state index < -0.39 is 118 Å². The summed E-state index contributed by atoms with van der Waals surface area (Å²) in [4.78, 5) is 79.1. The van der Waals surface area contributed by atoms with Gasteiger partial charge in [0.25, 0.3) is 16.1 Å². The maximum atomic E-state index is 15.2. The number of aliphatic hydroxyl groups excluding tert-OH is 2. The highest BCUT2D eigenvalue weighted by Crippen LogP contribution is 2.45. The van der Waals surface area contributed by atoms with Gasteiger partial charge in [-0.3, -0.25) is 19.2 Å². The minimum atomic E-state index is -4.58. The average Bonchev–Trinajstić information content (AvgIpc) is 3.30. The van der Waals surface area contributed by atoms with Crippen LogP contribution in [0.2, 0.25) is 0 Å². The lowest BCUT2D eigenvalue weighted by Crippen LogP contribution is -2.57. The molecule has 0 aliphatic carbocycles. The van der Waals surface area contributed by atoms with Crippen LogP contribution in [0.25, 0.3) is 22.5 Å². The number of aliphatic carboxylic acids is 1. The Morgan fingerprint density at radius 3 is 2.15 bits per heavy atom. The Morgan fingerprint density at radius 1 is 0.944 bits per heavy atom. The largest absolute Gasteiger partial charge is 0.504 e. The van der Waals surface area contributed by atoms with Crippen molar-refractivity contribution in [2.45, 2.75) is 82.8 Å². The number of nitrogens with one attached hydrogen (secondary N) is 4. The number of carbonyl (C=O) groups excluding carboxylic acids is 4. The highest BCUT2D eigenvalue weighted by Gasteiger charge is 2.38. The van der Waals surface area contributed by atoms with E-state index >= 15 is 4.39 Å². The van der Waals surface area contributed by atoms with Crippen LogP contribution in [0.4, 0.5) is 10.2 Å². The first-order chi connectivity index (χ1) is 33.6. The number of likely N-dealkylation sites (N-methyl/N-ethyl adjacent to an activating group) is 1. The first-order valence-corrected chi connectivity index (χ1v) is 23.8. The summed E-state index contributed by atoms with van der Waals surface area (Å²) in [7, 11) is -3.49. The van der Waals surface area contributed by atoms with Crippen LogP contribution in [-0.4, -0.2) is 144 Å². The van der Waals surface area contributed by atoms with Crippen molar-refractivity contribution in [1.29, 1.82) is 0 Å². The number of aryl methyl sites for hydroxylation is 1. The van der Waals surface area contributed by atoms with Crippen LogP contribution in [0.1, 0.15) is 66.5 Å². The van der Waals surface area contributed by atoms with Crippen molar-refractivity contribution in [2.75, 3.05) is 45.6 Å². The van der Waals surface area contributed by atoms with Crippen molar-refractivity contribution in [1.82, 2.24) is 35.5 Å². The molecular weight excluding hydrogens is 966 g/mol. The van der Waals surface area contributed by atoms with Gasteiger partial charge in [-0.05, 0) is 66.3 Å². The second-order valence-corrected chi connectivity index (χ2v) is 19.5. The number of phenolic OH excluding ortho intramolecular Hbond substituents is 1. The van der Waals surface area contributed by atoms with E-state index in [0.29, 0.717) is 5.56 Å². The Balaban J connectivity index is 1.67. The molecule has 5 rings (SSSR count).